The number of carbonyl (C=O) groups is 1. The molecule has 0 radical (unpaired) electrons. The molecule has 0 N–H and O–H groups in total. The van der Waals surface area contributed by atoms with Crippen molar-refractivity contribution in [1.82, 2.24) is 4.90 Å². The number of amides is 1. The first-order valence-electron chi connectivity index (χ1n) is 10.5. The molecule has 4 rings (SSSR count). The third-order valence-electron chi connectivity index (χ3n) is 6.12. The second-order valence-corrected chi connectivity index (χ2v) is 8.85. The van der Waals surface area contributed by atoms with E-state index in [0.717, 1.165) is 4.90 Å². The summed E-state index contributed by atoms with van der Waals surface area (Å²) in [7, 11) is 0. The lowest BCUT2D eigenvalue weighted by molar-refractivity contribution is -0.310. The van der Waals surface area contributed by atoms with Crippen LogP contribution in [-0.2, 0) is 9.47 Å². The number of benzene rings is 2. The molecule has 1 amide bonds. The number of ether oxygens (including phenoxy) is 2. The minimum atomic E-state index is -5.78. The van der Waals surface area contributed by atoms with Crippen LogP contribution in [-0.4, -0.2) is 48.6 Å². The summed E-state index contributed by atoms with van der Waals surface area (Å²) in [5.74, 6) is -0.900. The van der Waals surface area contributed by atoms with Gasteiger partial charge in [0.05, 0.1) is 6.10 Å². The zero-order valence-electron chi connectivity index (χ0n) is 17.9. The summed E-state index contributed by atoms with van der Waals surface area (Å²) in [6.45, 7) is -0.127. The van der Waals surface area contributed by atoms with Gasteiger partial charge in [0, 0.05) is 18.5 Å². The molecule has 0 bridgehead atoms. The van der Waals surface area contributed by atoms with Crippen LogP contribution in [0.5, 0.6) is 0 Å². The van der Waals surface area contributed by atoms with Gasteiger partial charge in [0.2, 0.25) is 0 Å². The highest BCUT2D eigenvalue weighted by molar-refractivity contribution is 5.69. The lowest BCUT2D eigenvalue weighted by atomic mass is 9.62. The molecule has 1 heterocycles. The first kappa shape index (κ1) is 25.2. The Morgan fingerprint density at radius 3 is 1.66 bits per heavy atom. The number of alkyl halides is 6. The van der Waals surface area contributed by atoms with Gasteiger partial charge in [0.15, 0.2) is 0 Å². The highest BCUT2D eigenvalue weighted by Gasteiger charge is 2.61. The van der Waals surface area contributed by atoms with E-state index in [1.165, 1.54) is 48.5 Å². The second-order valence-electron chi connectivity index (χ2n) is 8.85. The molecular formula is C23H19F8NO3. The van der Waals surface area contributed by atoms with E-state index in [1.54, 1.807) is 0 Å². The maximum absolute atomic E-state index is 13.4. The van der Waals surface area contributed by atoms with Crippen LogP contribution in [0.2, 0.25) is 0 Å². The highest BCUT2D eigenvalue weighted by Crippen LogP contribution is 2.51. The van der Waals surface area contributed by atoms with Gasteiger partial charge in [0.25, 0.3) is 6.10 Å². The first-order valence-corrected chi connectivity index (χ1v) is 10.5. The molecule has 0 atom stereocenters. The molecule has 2 aliphatic rings. The Labute approximate surface area is 194 Å². The van der Waals surface area contributed by atoms with Crippen LogP contribution in [0.15, 0.2) is 48.5 Å². The van der Waals surface area contributed by atoms with Gasteiger partial charge in [0.1, 0.15) is 17.7 Å². The molecule has 190 valence electrons. The Hall–Kier alpha value is -2.89. The predicted molar refractivity (Wildman–Crippen MR) is 105 cm³/mol. The summed E-state index contributed by atoms with van der Waals surface area (Å²) < 4.78 is 112. The van der Waals surface area contributed by atoms with Crippen molar-refractivity contribution < 1.29 is 49.4 Å². The van der Waals surface area contributed by atoms with E-state index in [2.05, 4.69) is 4.74 Å². The molecule has 2 aromatic carbocycles. The average molecular weight is 509 g/mol. The molecule has 4 nitrogen and oxygen atoms in total. The van der Waals surface area contributed by atoms with E-state index in [4.69, 9.17) is 4.74 Å². The molecule has 1 aliphatic heterocycles. The Bertz CT molecular complexity index is 979. The van der Waals surface area contributed by atoms with Crippen molar-refractivity contribution in [3.63, 3.8) is 0 Å². The molecule has 2 aromatic rings. The predicted octanol–water partition coefficient (Wildman–Crippen LogP) is 6.17. The van der Waals surface area contributed by atoms with Gasteiger partial charge in [-0.25, -0.2) is 13.6 Å². The minimum absolute atomic E-state index is 0.0636. The zero-order valence-corrected chi connectivity index (χ0v) is 17.9. The number of likely N-dealkylation sites (tertiary alicyclic amines) is 1. The van der Waals surface area contributed by atoms with E-state index in [9.17, 15) is 39.9 Å². The third kappa shape index (κ3) is 5.52. The van der Waals surface area contributed by atoms with E-state index in [-0.39, 0.29) is 19.2 Å². The smallest absolute Gasteiger partial charge is 0.426 e. The zero-order chi connectivity index (χ0) is 25.6. The average Bonchev–Trinajstić information content (AvgIpc) is 2.70. The monoisotopic (exact) mass is 509 g/mol. The standard InChI is InChI=1S/C23H19F8NO3/c24-15-5-1-13(2-6-15)18(14-3-7-16(25)8-4-14)34-17-9-21(10-17)11-32(12-21)20(33)35-19(22(26,27)28)23(29,30)31/h1-8,17-19H,9-12H2. The summed E-state index contributed by atoms with van der Waals surface area (Å²) >= 11 is 0. The summed E-state index contributed by atoms with van der Waals surface area (Å²) in [5.41, 5.74) is 0.734. The van der Waals surface area contributed by atoms with Crippen LogP contribution in [0.4, 0.5) is 39.9 Å². The lowest BCUT2D eigenvalue weighted by Gasteiger charge is -2.58. The van der Waals surface area contributed by atoms with Crippen LogP contribution in [0.3, 0.4) is 0 Å². The molecular weight excluding hydrogens is 490 g/mol. The van der Waals surface area contributed by atoms with Gasteiger partial charge < -0.3 is 14.4 Å². The van der Waals surface area contributed by atoms with Crippen molar-refractivity contribution in [1.29, 1.82) is 0 Å². The van der Waals surface area contributed by atoms with Crippen LogP contribution in [0, 0.1) is 17.0 Å². The maximum Gasteiger partial charge on any atom is 0.434 e. The number of carbonyl (C=O) groups excluding carboxylic acids is 1. The molecule has 0 unspecified atom stereocenters. The fourth-order valence-electron chi connectivity index (χ4n) is 4.46. The Balaban J connectivity index is 1.35. The second kappa shape index (κ2) is 8.96. The van der Waals surface area contributed by atoms with Gasteiger partial charge in [-0.2, -0.15) is 26.3 Å². The third-order valence-corrected chi connectivity index (χ3v) is 6.12. The molecule has 12 heteroatoms. The van der Waals surface area contributed by atoms with Gasteiger partial charge in [-0.3, -0.25) is 0 Å². The van der Waals surface area contributed by atoms with E-state index < -0.39 is 47.7 Å². The lowest BCUT2D eigenvalue weighted by Crippen LogP contribution is -2.66. The van der Waals surface area contributed by atoms with Crippen LogP contribution >= 0.6 is 0 Å². The number of nitrogens with zero attached hydrogens (tertiary/aromatic N) is 1. The van der Waals surface area contributed by atoms with Crippen LogP contribution in [0.25, 0.3) is 0 Å². The first-order chi connectivity index (χ1) is 16.3. The van der Waals surface area contributed by atoms with E-state index >= 15 is 0 Å². The SMILES string of the molecule is O=C(OC(C(F)(F)F)C(F)(F)F)N1CC2(CC(OC(c3ccc(F)cc3)c3ccc(F)cc3)C2)C1. The van der Waals surface area contributed by atoms with Crippen molar-refractivity contribution in [2.75, 3.05) is 13.1 Å². The Morgan fingerprint density at radius 1 is 0.829 bits per heavy atom. The van der Waals surface area contributed by atoms with E-state index in [1.807, 2.05) is 0 Å². The summed E-state index contributed by atoms with van der Waals surface area (Å²) in [5, 5.41) is 0. The Kier molecular flexibility index (Phi) is 6.45. The molecule has 1 aliphatic carbocycles. The molecule has 1 saturated carbocycles. The minimum Gasteiger partial charge on any atom is -0.426 e. The molecule has 1 saturated heterocycles. The summed E-state index contributed by atoms with van der Waals surface area (Å²) in [6.07, 6.45) is -17.6. The van der Waals surface area contributed by atoms with Gasteiger partial charge in [-0.1, -0.05) is 24.3 Å². The van der Waals surface area contributed by atoms with E-state index in [0.29, 0.717) is 24.0 Å². The van der Waals surface area contributed by atoms with Crippen molar-refractivity contribution in [2.24, 2.45) is 5.41 Å². The van der Waals surface area contributed by atoms with Crippen LogP contribution in [0.1, 0.15) is 30.1 Å². The van der Waals surface area contributed by atoms with Crippen molar-refractivity contribution in [2.45, 2.75) is 43.5 Å². The maximum atomic E-state index is 13.4. The van der Waals surface area contributed by atoms with Crippen molar-refractivity contribution in [3.05, 3.63) is 71.3 Å². The summed E-state index contributed by atoms with van der Waals surface area (Å²) in [4.78, 5) is 12.6. The van der Waals surface area contributed by atoms with Gasteiger partial charge in [-0.15, -0.1) is 0 Å². The van der Waals surface area contributed by atoms with Gasteiger partial charge in [-0.05, 0) is 48.2 Å². The van der Waals surface area contributed by atoms with Crippen molar-refractivity contribution in [3.8, 4) is 0 Å². The highest BCUT2D eigenvalue weighted by atomic mass is 19.4. The number of hydrogen-bond donors (Lipinski definition) is 0. The fraction of sp³-hybridized carbons (Fsp3) is 0.435. The quantitative estimate of drug-likeness (QED) is 0.453. The number of halogens is 8. The molecule has 0 aromatic heterocycles. The topological polar surface area (TPSA) is 38.8 Å². The van der Waals surface area contributed by atoms with Gasteiger partial charge >= 0.3 is 18.4 Å². The normalized spacial score (nSPS) is 18.1. The number of rotatable bonds is 5. The molecule has 1 spiro atoms. The number of hydrogen-bond acceptors (Lipinski definition) is 3. The van der Waals surface area contributed by atoms with Crippen molar-refractivity contribution >= 4 is 6.09 Å². The molecule has 2 fully saturated rings. The van der Waals surface area contributed by atoms with Crippen LogP contribution < -0.4 is 0 Å². The largest absolute Gasteiger partial charge is 0.434 e. The Morgan fingerprint density at radius 2 is 1.26 bits per heavy atom. The molecule has 35 heavy (non-hydrogen) atoms. The summed E-state index contributed by atoms with van der Waals surface area (Å²) in [6, 6.07) is 11.1. The fourth-order valence-corrected chi connectivity index (χ4v) is 4.46.